The highest BCUT2D eigenvalue weighted by Gasteiger charge is 2.10. The van der Waals surface area contributed by atoms with E-state index in [9.17, 15) is 9.59 Å². The summed E-state index contributed by atoms with van der Waals surface area (Å²) in [6, 6.07) is 11.1. The summed E-state index contributed by atoms with van der Waals surface area (Å²) >= 11 is 0. The molecule has 106 valence electrons. The number of hydrogen-bond acceptors (Lipinski definition) is 3. The highest BCUT2D eigenvalue weighted by Crippen LogP contribution is 2.30. The summed E-state index contributed by atoms with van der Waals surface area (Å²) < 4.78 is 5.11. The lowest BCUT2D eigenvalue weighted by Crippen LogP contribution is -2.05. The number of carbonyl (C=O) groups excluding carboxylic acids is 1. The van der Waals surface area contributed by atoms with Crippen LogP contribution in [0.3, 0.4) is 0 Å². The minimum Gasteiger partial charge on any atom is -0.472 e. The summed E-state index contributed by atoms with van der Waals surface area (Å²) in [4.78, 5) is 26.3. The Bertz CT molecular complexity index is 1060. The fraction of sp³-hybridized carbons (Fsp3) is 0. The number of aromatic amines is 1. The summed E-state index contributed by atoms with van der Waals surface area (Å²) in [6.07, 6.45) is 5.66. The number of aromatic nitrogens is 1. The Balaban J connectivity index is 2.20. The van der Waals surface area contributed by atoms with Crippen molar-refractivity contribution in [3.63, 3.8) is 0 Å². The van der Waals surface area contributed by atoms with Gasteiger partial charge in [0.1, 0.15) is 0 Å². The topological polar surface area (TPSA) is 63.1 Å². The zero-order valence-corrected chi connectivity index (χ0v) is 11.5. The molecular weight excluding hydrogens is 278 g/mol. The largest absolute Gasteiger partial charge is 0.472 e. The van der Waals surface area contributed by atoms with E-state index in [-0.39, 0.29) is 5.56 Å². The fourth-order valence-corrected chi connectivity index (χ4v) is 2.85. The molecule has 0 unspecified atom stereocenters. The molecular formula is C18H11NO3. The normalized spacial score (nSPS) is 11.1. The van der Waals surface area contributed by atoms with Crippen LogP contribution in [0.15, 0.2) is 64.3 Å². The number of pyridine rings is 1. The first-order valence-corrected chi connectivity index (χ1v) is 6.84. The molecule has 2 aromatic carbocycles. The number of aldehydes is 1. The number of H-pyrrole nitrogens is 1. The predicted molar refractivity (Wildman–Crippen MR) is 85.2 cm³/mol. The summed E-state index contributed by atoms with van der Waals surface area (Å²) in [5, 5.41) is 2.88. The first-order valence-electron chi connectivity index (χ1n) is 6.84. The van der Waals surface area contributed by atoms with Gasteiger partial charge < -0.3 is 9.40 Å². The van der Waals surface area contributed by atoms with E-state index in [1.807, 2.05) is 24.3 Å². The maximum atomic E-state index is 12.2. The molecule has 4 aromatic rings. The minimum atomic E-state index is -0.163. The number of furan rings is 1. The third-order valence-electron chi connectivity index (χ3n) is 3.89. The maximum absolute atomic E-state index is 12.2. The van der Waals surface area contributed by atoms with Crippen LogP contribution in [0.1, 0.15) is 10.4 Å². The Kier molecular flexibility index (Phi) is 2.69. The average Bonchev–Trinajstić information content (AvgIpc) is 3.08. The van der Waals surface area contributed by atoms with E-state index in [2.05, 4.69) is 4.98 Å². The Morgan fingerprint density at radius 1 is 1.00 bits per heavy atom. The summed E-state index contributed by atoms with van der Waals surface area (Å²) in [5.41, 5.74) is 2.28. The monoisotopic (exact) mass is 289 g/mol. The molecule has 0 saturated carbocycles. The Labute approximate surface area is 125 Å². The van der Waals surface area contributed by atoms with E-state index in [1.54, 1.807) is 30.9 Å². The quantitative estimate of drug-likeness (QED) is 0.451. The third-order valence-corrected chi connectivity index (χ3v) is 3.89. The molecule has 2 heterocycles. The van der Waals surface area contributed by atoms with Gasteiger partial charge in [0, 0.05) is 17.3 Å². The summed E-state index contributed by atoms with van der Waals surface area (Å²) in [7, 11) is 0. The Morgan fingerprint density at radius 3 is 2.68 bits per heavy atom. The molecule has 0 fully saturated rings. The van der Waals surface area contributed by atoms with Crippen LogP contribution in [0.25, 0.3) is 32.7 Å². The van der Waals surface area contributed by atoms with Gasteiger partial charge >= 0.3 is 0 Å². The predicted octanol–water partition coefficient (Wildman–Crippen LogP) is 3.75. The van der Waals surface area contributed by atoms with Crippen LogP contribution >= 0.6 is 0 Å². The molecule has 2 aromatic heterocycles. The van der Waals surface area contributed by atoms with E-state index in [4.69, 9.17) is 4.42 Å². The summed E-state index contributed by atoms with van der Waals surface area (Å²) in [6.45, 7) is 0. The maximum Gasteiger partial charge on any atom is 0.256 e. The van der Waals surface area contributed by atoms with Crippen molar-refractivity contribution < 1.29 is 9.21 Å². The molecule has 0 aliphatic heterocycles. The minimum absolute atomic E-state index is 0.163. The van der Waals surface area contributed by atoms with Gasteiger partial charge in [0.2, 0.25) is 0 Å². The molecule has 0 spiro atoms. The highest BCUT2D eigenvalue weighted by molar-refractivity contribution is 6.14. The number of fused-ring (bicyclic) bond motifs is 3. The van der Waals surface area contributed by atoms with Crippen LogP contribution in [-0.2, 0) is 0 Å². The smallest absolute Gasteiger partial charge is 0.256 e. The number of nitrogens with one attached hydrogen (secondary N) is 1. The van der Waals surface area contributed by atoms with Crippen LogP contribution in [0.4, 0.5) is 0 Å². The van der Waals surface area contributed by atoms with Crippen molar-refractivity contribution in [2.24, 2.45) is 0 Å². The van der Waals surface area contributed by atoms with Gasteiger partial charge in [0.05, 0.1) is 17.9 Å². The molecule has 22 heavy (non-hydrogen) atoms. The molecule has 4 nitrogen and oxygen atoms in total. The van der Waals surface area contributed by atoms with Crippen molar-refractivity contribution in [3.8, 4) is 11.1 Å². The molecule has 0 aliphatic rings. The summed E-state index contributed by atoms with van der Waals surface area (Å²) in [5.74, 6) is 0. The second kappa shape index (κ2) is 4.70. The van der Waals surface area contributed by atoms with Crippen molar-refractivity contribution >= 4 is 27.8 Å². The van der Waals surface area contributed by atoms with Gasteiger partial charge in [-0.05, 0) is 46.0 Å². The first-order chi connectivity index (χ1) is 10.8. The average molecular weight is 289 g/mol. The number of rotatable bonds is 2. The van der Waals surface area contributed by atoms with E-state index in [1.165, 1.54) is 0 Å². The molecule has 0 radical (unpaired) electrons. The Hall–Kier alpha value is -3.14. The van der Waals surface area contributed by atoms with E-state index >= 15 is 0 Å². The first kappa shape index (κ1) is 12.6. The van der Waals surface area contributed by atoms with Gasteiger partial charge in [-0.3, -0.25) is 9.59 Å². The number of hydrogen-bond donors (Lipinski definition) is 1. The molecule has 0 atom stereocenters. The van der Waals surface area contributed by atoms with E-state index < -0.39 is 0 Å². The molecule has 1 N–H and O–H groups in total. The zero-order chi connectivity index (χ0) is 15.1. The number of benzene rings is 2. The molecule has 0 bridgehead atoms. The standard InChI is InChI=1S/C18H11NO3/c20-9-14-7-12-3-5-19-18(21)17(12)16-8-11(1-2-15(14)16)13-4-6-22-10-13/h1-10H,(H,19,21). The van der Waals surface area contributed by atoms with Gasteiger partial charge in [-0.2, -0.15) is 0 Å². The van der Waals surface area contributed by atoms with E-state index in [0.717, 1.165) is 33.6 Å². The SMILES string of the molecule is O=Cc1cc2cc[nH]c(=O)c2c2cc(-c3ccoc3)ccc12. The lowest BCUT2D eigenvalue weighted by molar-refractivity contribution is 0.112. The van der Waals surface area contributed by atoms with Crippen molar-refractivity contribution in [3.05, 3.63) is 71.0 Å². The lowest BCUT2D eigenvalue weighted by Gasteiger charge is -2.08. The van der Waals surface area contributed by atoms with Crippen LogP contribution < -0.4 is 5.56 Å². The van der Waals surface area contributed by atoms with Crippen LogP contribution in [0.5, 0.6) is 0 Å². The van der Waals surface area contributed by atoms with Crippen molar-refractivity contribution in [1.29, 1.82) is 0 Å². The van der Waals surface area contributed by atoms with Gasteiger partial charge in [0.15, 0.2) is 6.29 Å². The van der Waals surface area contributed by atoms with Crippen molar-refractivity contribution in [2.75, 3.05) is 0 Å². The van der Waals surface area contributed by atoms with Crippen LogP contribution in [0.2, 0.25) is 0 Å². The van der Waals surface area contributed by atoms with E-state index in [0.29, 0.717) is 10.9 Å². The highest BCUT2D eigenvalue weighted by atomic mass is 16.3. The van der Waals surface area contributed by atoms with Crippen LogP contribution in [0, 0.1) is 0 Å². The second-order valence-corrected chi connectivity index (χ2v) is 5.13. The van der Waals surface area contributed by atoms with Gasteiger partial charge in [-0.15, -0.1) is 0 Å². The van der Waals surface area contributed by atoms with Gasteiger partial charge in [-0.25, -0.2) is 0 Å². The zero-order valence-electron chi connectivity index (χ0n) is 11.5. The molecule has 4 heteroatoms. The molecule has 0 amide bonds. The molecule has 0 saturated heterocycles. The van der Waals surface area contributed by atoms with Crippen molar-refractivity contribution in [2.45, 2.75) is 0 Å². The molecule has 4 rings (SSSR count). The fourth-order valence-electron chi connectivity index (χ4n) is 2.85. The number of carbonyl (C=O) groups is 1. The second-order valence-electron chi connectivity index (χ2n) is 5.13. The lowest BCUT2D eigenvalue weighted by atomic mass is 9.96. The third kappa shape index (κ3) is 1.78. The Morgan fingerprint density at radius 2 is 1.91 bits per heavy atom. The van der Waals surface area contributed by atoms with Crippen molar-refractivity contribution in [1.82, 2.24) is 4.98 Å². The molecule has 0 aliphatic carbocycles. The van der Waals surface area contributed by atoms with Gasteiger partial charge in [0.25, 0.3) is 5.56 Å². The van der Waals surface area contributed by atoms with Crippen LogP contribution in [-0.4, -0.2) is 11.3 Å². The van der Waals surface area contributed by atoms with Gasteiger partial charge in [-0.1, -0.05) is 12.1 Å².